The van der Waals surface area contributed by atoms with Crippen molar-refractivity contribution in [2.75, 3.05) is 0 Å². The van der Waals surface area contributed by atoms with Crippen LogP contribution in [-0.2, 0) is 6.42 Å². The van der Waals surface area contributed by atoms with Crippen molar-refractivity contribution in [3.05, 3.63) is 60.3 Å². The Morgan fingerprint density at radius 1 is 1.00 bits per heavy atom. The minimum Gasteiger partial charge on any atom is -0.471 e. The molecule has 2 rings (SSSR count). The fraction of sp³-hybridized carbons (Fsp3) is 0.267. The van der Waals surface area contributed by atoms with Gasteiger partial charge in [0.15, 0.2) is 0 Å². The number of pyridine rings is 1. The summed E-state index contributed by atoms with van der Waals surface area (Å²) in [4.78, 5) is 4.18. The van der Waals surface area contributed by atoms with Crippen LogP contribution in [0.4, 0.5) is 0 Å². The predicted octanol–water partition coefficient (Wildman–Crippen LogP) is 3.48. The molecule has 88 valence electrons. The highest BCUT2D eigenvalue weighted by atomic mass is 16.5. The van der Waals surface area contributed by atoms with E-state index < -0.39 is 0 Å². The van der Waals surface area contributed by atoms with E-state index >= 15 is 0 Å². The number of benzene rings is 1. The summed E-state index contributed by atoms with van der Waals surface area (Å²) in [6.07, 6.45) is 2.61. The predicted molar refractivity (Wildman–Crippen MR) is 69.1 cm³/mol. The van der Waals surface area contributed by atoms with E-state index in [2.05, 4.69) is 31.0 Å². The van der Waals surface area contributed by atoms with Crippen molar-refractivity contribution in [2.45, 2.75) is 25.9 Å². The van der Waals surface area contributed by atoms with Gasteiger partial charge in [-0.05, 0) is 25.5 Å². The van der Waals surface area contributed by atoms with Gasteiger partial charge >= 0.3 is 0 Å². The highest BCUT2D eigenvalue weighted by molar-refractivity contribution is 5.18. The van der Waals surface area contributed by atoms with Gasteiger partial charge in [-0.15, -0.1) is 0 Å². The van der Waals surface area contributed by atoms with Gasteiger partial charge in [0.2, 0.25) is 5.88 Å². The molecule has 2 aromatic rings. The van der Waals surface area contributed by atoms with Gasteiger partial charge in [-0.2, -0.15) is 0 Å². The maximum Gasteiger partial charge on any atom is 0.213 e. The number of nitrogens with zero attached hydrogens (tertiary/aromatic N) is 1. The molecule has 0 aliphatic rings. The number of aromatic nitrogens is 1. The van der Waals surface area contributed by atoms with Crippen LogP contribution < -0.4 is 4.74 Å². The molecule has 0 spiro atoms. The molecule has 0 radical (unpaired) electrons. The molecule has 0 fully saturated rings. The van der Waals surface area contributed by atoms with Crippen molar-refractivity contribution in [2.24, 2.45) is 0 Å². The molecule has 0 saturated heterocycles. The van der Waals surface area contributed by atoms with Crippen LogP contribution in [0.1, 0.15) is 19.4 Å². The second-order valence-corrected chi connectivity index (χ2v) is 4.69. The molecular formula is C15H17NO. The van der Waals surface area contributed by atoms with E-state index in [1.165, 1.54) is 5.56 Å². The van der Waals surface area contributed by atoms with Crippen molar-refractivity contribution >= 4 is 0 Å². The van der Waals surface area contributed by atoms with E-state index in [9.17, 15) is 0 Å². The minimum absolute atomic E-state index is 0.254. The topological polar surface area (TPSA) is 22.1 Å². The first-order valence-corrected chi connectivity index (χ1v) is 5.80. The lowest BCUT2D eigenvalue weighted by Crippen LogP contribution is -2.31. The number of hydrogen-bond acceptors (Lipinski definition) is 2. The van der Waals surface area contributed by atoms with Crippen molar-refractivity contribution in [3.8, 4) is 5.88 Å². The molecule has 2 nitrogen and oxygen atoms in total. The standard InChI is InChI=1S/C15H17NO/c1-15(2,12-13-8-4-3-5-9-13)17-14-10-6-7-11-16-14/h3-11H,12H2,1-2H3. The summed E-state index contributed by atoms with van der Waals surface area (Å²) in [6, 6.07) is 16.0. The van der Waals surface area contributed by atoms with Crippen LogP contribution in [0.15, 0.2) is 54.7 Å². The van der Waals surface area contributed by atoms with Crippen LogP contribution in [0.5, 0.6) is 5.88 Å². The Morgan fingerprint density at radius 2 is 1.71 bits per heavy atom. The van der Waals surface area contributed by atoms with E-state index in [1.807, 2.05) is 36.4 Å². The van der Waals surface area contributed by atoms with Crippen LogP contribution in [-0.4, -0.2) is 10.6 Å². The van der Waals surface area contributed by atoms with E-state index in [4.69, 9.17) is 4.74 Å². The van der Waals surface area contributed by atoms with Crippen LogP contribution in [0.3, 0.4) is 0 Å². The van der Waals surface area contributed by atoms with Gasteiger partial charge in [-0.25, -0.2) is 4.98 Å². The van der Waals surface area contributed by atoms with E-state index in [1.54, 1.807) is 6.20 Å². The lowest BCUT2D eigenvalue weighted by molar-refractivity contribution is 0.104. The maximum atomic E-state index is 5.89. The van der Waals surface area contributed by atoms with Crippen LogP contribution in [0, 0.1) is 0 Å². The maximum absolute atomic E-state index is 5.89. The Bertz CT molecular complexity index is 407. The van der Waals surface area contributed by atoms with Crippen LogP contribution >= 0.6 is 0 Å². The Hall–Kier alpha value is -1.83. The molecule has 0 saturated carbocycles. The highest BCUT2D eigenvalue weighted by Gasteiger charge is 2.20. The van der Waals surface area contributed by atoms with Crippen molar-refractivity contribution in [1.82, 2.24) is 4.98 Å². The first-order chi connectivity index (χ1) is 8.16. The van der Waals surface area contributed by atoms with Crippen molar-refractivity contribution in [3.63, 3.8) is 0 Å². The van der Waals surface area contributed by atoms with E-state index in [0.29, 0.717) is 5.88 Å². The monoisotopic (exact) mass is 227 g/mol. The zero-order valence-corrected chi connectivity index (χ0v) is 10.3. The SMILES string of the molecule is CC(C)(Cc1ccccc1)Oc1ccccn1. The van der Waals surface area contributed by atoms with Gasteiger partial charge < -0.3 is 4.74 Å². The molecule has 1 heterocycles. The molecule has 0 atom stereocenters. The zero-order valence-electron chi connectivity index (χ0n) is 10.3. The molecule has 0 unspecified atom stereocenters. The number of hydrogen-bond donors (Lipinski definition) is 0. The van der Waals surface area contributed by atoms with Gasteiger partial charge in [0, 0.05) is 18.7 Å². The number of rotatable bonds is 4. The molecule has 0 bridgehead atoms. The lowest BCUT2D eigenvalue weighted by atomic mass is 9.98. The van der Waals surface area contributed by atoms with Gasteiger partial charge in [-0.3, -0.25) is 0 Å². The normalized spacial score (nSPS) is 11.2. The summed E-state index contributed by atoms with van der Waals surface area (Å²) < 4.78 is 5.89. The average Bonchev–Trinajstić information content (AvgIpc) is 2.30. The molecule has 17 heavy (non-hydrogen) atoms. The van der Waals surface area contributed by atoms with Gasteiger partial charge in [-0.1, -0.05) is 36.4 Å². The Kier molecular flexibility index (Phi) is 3.43. The van der Waals surface area contributed by atoms with Gasteiger partial charge in [0.05, 0.1) is 0 Å². The first kappa shape index (κ1) is 11.6. The fourth-order valence-corrected chi connectivity index (χ4v) is 1.81. The summed E-state index contributed by atoms with van der Waals surface area (Å²) in [5, 5.41) is 0. The Labute approximate surface area is 102 Å². The first-order valence-electron chi connectivity index (χ1n) is 5.80. The Morgan fingerprint density at radius 3 is 2.35 bits per heavy atom. The van der Waals surface area contributed by atoms with Crippen LogP contribution in [0.25, 0.3) is 0 Å². The zero-order chi connectivity index (χ0) is 12.1. The molecule has 2 heteroatoms. The summed E-state index contributed by atoms with van der Waals surface area (Å²) in [6.45, 7) is 4.16. The second-order valence-electron chi connectivity index (χ2n) is 4.69. The molecule has 0 aliphatic heterocycles. The summed E-state index contributed by atoms with van der Waals surface area (Å²) in [5.74, 6) is 0.674. The van der Waals surface area contributed by atoms with Gasteiger partial charge in [0.1, 0.15) is 5.60 Å². The van der Waals surface area contributed by atoms with Crippen molar-refractivity contribution < 1.29 is 4.74 Å². The van der Waals surface area contributed by atoms with E-state index in [-0.39, 0.29) is 5.60 Å². The van der Waals surface area contributed by atoms with Crippen molar-refractivity contribution in [1.29, 1.82) is 0 Å². The average molecular weight is 227 g/mol. The van der Waals surface area contributed by atoms with Crippen LogP contribution in [0.2, 0.25) is 0 Å². The summed E-state index contributed by atoms with van der Waals surface area (Å²) >= 11 is 0. The fourth-order valence-electron chi connectivity index (χ4n) is 1.81. The molecule has 0 N–H and O–H groups in total. The Balaban J connectivity index is 2.04. The largest absolute Gasteiger partial charge is 0.471 e. The molecule has 0 aliphatic carbocycles. The highest BCUT2D eigenvalue weighted by Crippen LogP contribution is 2.19. The van der Waals surface area contributed by atoms with Gasteiger partial charge in [0.25, 0.3) is 0 Å². The molecule has 0 amide bonds. The third-order valence-electron chi connectivity index (χ3n) is 2.49. The molecular weight excluding hydrogens is 210 g/mol. The minimum atomic E-state index is -0.254. The van der Waals surface area contributed by atoms with E-state index in [0.717, 1.165) is 6.42 Å². The number of ether oxygens (including phenoxy) is 1. The molecule has 1 aromatic heterocycles. The summed E-state index contributed by atoms with van der Waals surface area (Å²) in [5.41, 5.74) is 1.02. The quantitative estimate of drug-likeness (QED) is 0.797. The molecule has 1 aromatic carbocycles. The smallest absolute Gasteiger partial charge is 0.213 e. The third-order valence-corrected chi connectivity index (χ3v) is 2.49. The third kappa shape index (κ3) is 3.59. The second kappa shape index (κ2) is 5.00. The lowest BCUT2D eigenvalue weighted by Gasteiger charge is -2.25. The summed E-state index contributed by atoms with van der Waals surface area (Å²) in [7, 11) is 0.